The van der Waals surface area contributed by atoms with Gasteiger partial charge in [-0.05, 0) is 25.1 Å². The fraction of sp³-hybridized carbons (Fsp3) is 0.267. The smallest absolute Gasteiger partial charge is 0.287 e. The van der Waals surface area contributed by atoms with Gasteiger partial charge in [-0.25, -0.2) is 0 Å². The molecule has 0 bridgehead atoms. The Balaban J connectivity index is 1.98. The summed E-state index contributed by atoms with van der Waals surface area (Å²) in [6.07, 6.45) is 1.23. The third kappa shape index (κ3) is 3.76. The van der Waals surface area contributed by atoms with Crippen LogP contribution in [-0.2, 0) is 6.54 Å². The topological polar surface area (TPSA) is 79.2 Å². The quantitative estimate of drug-likeness (QED) is 0.503. The Morgan fingerprint density at radius 3 is 2.71 bits per heavy atom. The van der Waals surface area contributed by atoms with Crippen molar-refractivity contribution in [2.75, 3.05) is 13.6 Å². The third-order valence-corrected chi connectivity index (χ3v) is 3.29. The van der Waals surface area contributed by atoms with E-state index in [1.807, 2.05) is 43.1 Å². The number of aryl methyl sites for hydroxylation is 1. The molecule has 0 amide bonds. The van der Waals surface area contributed by atoms with Crippen LogP contribution < -0.4 is 0 Å². The average Bonchev–Trinajstić information content (AvgIpc) is 2.91. The number of rotatable bonds is 6. The number of hydrogen-bond donors (Lipinski definition) is 1. The van der Waals surface area contributed by atoms with Crippen LogP contribution >= 0.6 is 0 Å². The Hall–Kier alpha value is -2.47. The van der Waals surface area contributed by atoms with Gasteiger partial charge in [0, 0.05) is 12.6 Å². The second-order valence-corrected chi connectivity index (χ2v) is 5.05. The van der Waals surface area contributed by atoms with E-state index in [-0.39, 0.29) is 23.7 Å². The summed E-state index contributed by atoms with van der Waals surface area (Å²) in [7, 11) is 1.85. The molecule has 6 heteroatoms. The summed E-state index contributed by atoms with van der Waals surface area (Å²) in [5, 5.41) is 10.6. The second kappa shape index (κ2) is 6.32. The Morgan fingerprint density at radius 2 is 2.10 bits per heavy atom. The van der Waals surface area contributed by atoms with E-state index in [2.05, 4.69) is 4.98 Å². The van der Waals surface area contributed by atoms with E-state index in [0.29, 0.717) is 6.54 Å². The molecule has 0 aliphatic rings. The van der Waals surface area contributed by atoms with Gasteiger partial charge in [0.05, 0.1) is 23.4 Å². The van der Waals surface area contributed by atoms with Crippen LogP contribution in [0.25, 0.3) is 0 Å². The summed E-state index contributed by atoms with van der Waals surface area (Å²) >= 11 is 0. The van der Waals surface area contributed by atoms with Crippen molar-refractivity contribution in [3.05, 3.63) is 63.5 Å². The van der Waals surface area contributed by atoms with Crippen LogP contribution in [0.3, 0.4) is 0 Å². The molecule has 0 fully saturated rings. The number of Topliss-reactive ketones (excluding diaryl/α,β-unsaturated/α-hetero) is 1. The van der Waals surface area contributed by atoms with Crippen LogP contribution in [0.4, 0.5) is 5.69 Å². The normalized spacial score (nSPS) is 10.8. The van der Waals surface area contributed by atoms with Gasteiger partial charge < -0.3 is 4.98 Å². The lowest BCUT2D eigenvalue weighted by Gasteiger charge is -2.16. The lowest BCUT2D eigenvalue weighted by Crippen LogP contribution is -2.26. The maximum absolute atomic E-state index is 12.1. The number of aromatic amines is 1. The number of H-pyrrole nitrogens is 1. The number of carbonyl (C=O) groups excluding carboxylic acids is 1. The van der Waals surface area contributed by atoms with E-state index in [1.165, 1.54) is 17.8 Å². The number of nitrogens with zero attached hydrogens (tertiary/aromatic N) is 2. The van der Waals surface area contributed by atoms with Crippen molar-refractivity contribution in [3.63, 3.8) is 0 Å². The lowest BCUT2D eigenvalue weighted by atomic mass is 10.1. The maximum atomic E-state index is 12.1. The first-order valence-corrected chi connectivity index (χ1v) is 6.56. The lowest BCUT2D eigenvalue weighted by molar-refractivity contribution is -0.384. The molecule has 21 heavy (non-hydrogen) atoms. The molecule has 2 aromatic rings. The van der Waals surface area contributed by atoms with Gasteiger partial charge in [-0.3, -0.25) is 19.8 Å². The van der Waals surface area contributed by atoms with E-state index in [0.717, 1.165) is 5.56 Å². The Kier molecular flexibility index (Phi) is 4.49. The fourth-order valence-corrected chi connectivity index (χ4v) is 2.11. The summed E-state index contributed by atoms with van der Waals surface area (Å²) in [6.45, 7) is 2.88. The molecule has 6 nitrogen and oxygen atoms in total. The van der Waals surface area contributed by atoms with Crippen LogP contribution in [0.5, 0.6) is 0 Å². The molecule has 0 radical (unpaired) electrons. The van der Waals surface area contributed by atoms with Gasteiger partial charge in [0.1, 0.15) is 0 Å². The van der Waals surface area contributed by atoms with Crippen LogP contribution in [0.2, 0.25) is 0 Å². The molecule has 1 N–H and O–H groups in total. The van der Waals surface area contributed by atoms with E-state index >= 15 is 0 Å². The maximum Gasteiger partial charge on any atom is 0.287 e. The highest BCUT2D eigenvalue weighted by atomic mass is 16.6. The Bertz CT molecular complexity index is 664. The van der Waals surface area contributed by atoms with Crippen LogP contribution in [-0.4, -0.2) is 34.2 Å². The third-order valence-electron chi connectivity index (χ3n) is 3.29. The van der Waals surface area contributed by atoms with Gasteiger partial charge in [-0.15, -0.1) is 0 Å². The highest BCUT2D eigenvalue weighted by Crippen LogP contribution is 2.14. The highest BCUT2D eigenvalue weighted by Gasteiger charge is 2.16. The van der Waals surface area contributed by atoms with Gasteiger partial charge >= 0.3 is 0 Å². The molecule has 0 aliphatic heterocycles. The number of ketones is 1. The minimum atomic E-state index is -0.523. The average molecular weight is 287 g/mol. The van der Waals surface area contributed by atoms with Crippen LogP contribution in [0.15, 0.2) is 36.5 Å². The van der Waals surface area contributed by atoms with Crippen molar-refractivity contribution in [2.45, 2.75) is 13.5 Å². The molecule has 0 saturated carbocycles. The summed E-state index contributed by atoms with van der Waals surface area (Å²) in [6, 6.07) is 9.26. The molecule has 0 atom stereocenters. The molecular weight excluding hydrogens is 270 g/mol. The van der Waals surface area contributed by atoms with Gasteiger partial charge in [-0.1, -0.05) is 24.3 Å². The van der Waals surface area contributed by atoms with E-state index in [4.69, 9.17) is 0 Å². The van der Waals surface area contributed by atoms with Gasteiger partial charge in [0.25, 0.3) is 5.69 Å². The first kappa shape index (κ1) is 14.9. The number of nitrogens with one attached hydrogen (secondary N) is 1. The zero-order valence-corrected chi connectivity index (χ0v) is 12.0. The van der Waals surface area contributed by atoms with E-state index < -0.39 is 4.92 Å². The summed E-state index contributed by atoms with van der Waals surface area (Å²) in [5.74, 6) is -0.167. The predicted molar refractivity (Wildman–Crippen MR) is 79.3 cm³/mol. The van der Waals surface area contributed by atoms with Crippen molar-refractivity contribution in [2.24, 2.45) is 0 Å². The zero-order chi connectivity index (χ0) is 15.4. The molecule has 1 aromatic heterocycles. The largest absolute Gasteiger partial charge is 0.353 e. The first-order chi connectivity index (χ1) is 9.97. The second-order valence-electron chi connectivity index (χ2n) is 5.05. The summed E-state index contributed by atoms with van der Waals surface area (Å²) in [5.41, 5.74) is 2.50. The van der Waals surface area contributed by atoms with E-state index in [1.54, 1.807) is 0 Å². The predicted octanol–water partition coefficient (Wildman–Crippen LogP) is 2.55. The number of carbonyl (C=O) groups is 1. The molecular formula is C15H17N3O3. The molecule has 1 aromatic carbocycles. The summed E-state index contributed by atoms with van der Waals surface area (Å²) < 4.78 is 0. The van der Waals surface area contributed by atoms with Crippen molar-refractivity contribution in [1.29, 1.82) is 0 Å². The minimum Gasteiger partial charge on any atom is -0.353 e. The standard InChI is InChI=1S/C15H17N3O3/c1-11-5-3-4-6-12(11)9-17(2)10-15(19)14-7-13(8-16-14)18(20)21/h3-8,16H,9-10H2,1-2H3. The number of benzene rings is 1. The molecule has 110 valence electrons. The molecule has 0 spiro atoms. The number of hydrogen-bond acceptors (Lipinski definition) is 4. The Morgan fingerprint density at radius 1 is 1.38 bits per heavy atom. The van der Waals surface area contributed by atoms with Crippen molar-refractivity contribution >= 4 is 11.5 Å². The SMILES string of the molecule is Cc1ccccc1CN(C)CC(=O)c1cc([N+](=O)[O-])c[nH]1. The molecule has 0 saturated heterocycles. The van der Waals surface area contributed by atoms with Gasteiger partial charge in [0.2, 0.25) is 0 Å². The number of likely N-dealkylation sites (N-methyl/N-ethyl adjacent to an activating group) is 1. The Labute approximate surface area is 122 Å². The number of nitro groups is 1. The molecule has 0 unspecified atom stereocenters. The molecule has 2 rings (SSSR count). The first-order valence-electron chi connectivity index (χ1n) is 6.56. The minimum absolute atomic E-state index is 0.0973. The number of aromatic nitrogens is 1. The van der Waals surface area contributed by atoms with Gasteiger partial charge in [-0.2, -0.15) is 0 Å². The monoisotopic (exact) mass is 287 g/mol. The zero-order valence-electron chi connectivity index (χ0n) is 12.0. The van der Waals surface area contributed by atoms with Crippen LogP contribution in [0.1, 0.15) is 21.6 Å². The van der Waals surface area contributed by atoms with Gasteiger partial charge in [0.15, 0.2) is 5.78 Å². The van der Waals surface area contributed by atoms with Crippen molar-refractivity contribution < 1.29 is 9.72 Å². The van der Waals surface area contributed by atoms with Crippen LogP contribution in [0, 0.1) is 17.0 Å². The molecule has 1 heterocycles. The fourth-order valence-electron chi connectivity index (χ4n) is 2.11. The highest BCUT2D eigenvalue weighted by molar-refractivity contribution is 5.96. The summed E-state index contributed by atoms with van der Waals surface area (Å²) in [4.78, 5) is 26.7. The van der Waals surface area contributed by atoms with Crippen molar-refractivity contribution in [3.8, 4) is 0 Å². The van der Waals surface area contributed by atoms with E-state index in [9.17, 15) is 14.9 Å². The van der Waals surface area contributed by atoms with Crippen molar-refractivity contribution in [1.82, 2.24) is 9.88 Å². The molecule has 0 aliphatic carbocycles.